The molecule has 1 aromatic heterocycles. The van der Waals surface area contributed by atoms with Crippen molar-refractivity contribution in [3.8, 4) is 16.9 Å². The van der Waals surface area contributed by atoms with E-state index in [0.717, 1.165) is 18.2 Å². The molecule has 0 fully saturated rings. The highest BCUT2D eigenvalue weighted by molar-refractivity contribution is 7.90. The van der Waals surface area contributed by atoms with E-state index >= 15 is 0 Å². The first-order valence-corrected chi connectivity index (χ1v) is 9.40. The number of nitrogens with zero attached hydrogens (tertiary/aromatic N) is 2. The summed E-state index contributed by atoms with van der Waals surface area (Å²) in [6, 6.07) is 4.11. The van der Waals surface area contributed by atoms with Gasteiger partial charge < -0.3 is 0 Å². The smallest absolute Gasteiger partial charge is 0.232 e. The lowest BCUT2D eigenvalue weighted by Crippen LogP contribution is -2.06. The quantitative estimate of drug-likeness (QED) is 0.587. The summed E-state index contributed by atoms with van der Waals surface area (Å²) < 4.78 is 105. The topological polar surface area (TPSA) is 52.0 Å². The molecule has 0 bridgehead atoms. The Morgan fingerprint density at radius 2 is 1.43 bits per heavy atom. The number of sulfone groups is 1. The number of benzene rings is 2. The first-order valence-electron chi connectivity index (χ1n) is 7.51. The molecule has 0 aliphatic heterocycles. The van der Waals surface area contributed by atoms with Crippen molar-refractivity contribution in [1.29, 1.82) is 0 Å². The second kappa shape index (κ2) is 6.97. The molecule has 3 aromatic rings. The molecule has 28 heavy (non-hydrogen) atoms. The highest BCUT2D eigenvalue weighted by atomic mass is 32.2. The lowest BCUT2D eigenvalue weighted by atomic mass is 10.1. The minimum atomic E-state index is -4.24. The van der Waals surface area contributed by atoms with Crippen molar-refractivity contribution in [1.82, 2.24) is 9.78 Å². The van der Waals surface area contributed by atoms with E-state index in [0.29, 0.717) is 29.1 Å². The number of rotatable bonds is 4. The normalized spacial score (nSPS) is 12.0. The Kier molecular flexibility index (Phi) is 4.96. The maximum absolute atomic E-state index is 14.2. The monoisotopic (exact) mass is 420 g/mol. The Morgan fingerprint density at radius 3 is 1.89 bits per heavy atom. The van der Waals surface area contributed by atoms with Crippen LogP contribution in [0.15, 0.2) is 41.3 Å². The summed E-state index contributed by atoms with van der Waals surface area (Å²) in [5.74, 6) is -4.96. The fraction of sp³-hybridized carbons (Fsp3) is 0.118. The summed E-state index contributed by atoms with van der Waals surface area (Å²) in [5.41, 5.74) is -1.80. The van der Waals surface area contributed by atoms with Crippen molar-refractivity contribution >= 4 is 9.84 Å². The highest BCUT2D eigenvalue weighted by Gasteiger charge is 2.24. The molecule has 148 valence electrons. The van der Waals surface area contributed by atoms with Gasteiger partial charge in [-0.25, -0.2) is 39.4 Å². The molecule has 3 rings (SSSR count). The van der Waals surface area contributed by atoms with Gasteiger partial charge in [-0.3, -0.25) is 0 Å². The first-order chi connectivity index (χ1) is 13.0. The third-order valence-corrected chi connectivity index (χ3v) is 4.84. The van der Waals surface area contributed by atoms with Crippen LogP contribution in [0.25, 0.3) is 16.9 Å². The van der Waals surface area contributed by atoms with Crippen LogP contribution >= 0.6 is 0 Å². The third-order valence-electron chi connectivity index (χ3n) is 3.71. The van der Waals surface area contributed by atoms with Gasteiger partial charge in [0.25, 0.3) is 6.43 Å². The number of aromatic nitrogens is 2. The summed E-state index contributed by atoms with van der Waals surface area (Å²) in [7, 11) is -4.24. The van der Waals surface area contributed by atoms with Crippen molar-refractivity contribution in [2.75, 3.05) is 6.26 Å². The second-order valence-corrected chi connectivity index (χ2v) is 7.79. The molecule has 0 aliphatic rings. The van der Waals surface area contributed by atoms with Gasteiger partial charge in [0.05, 0.1) is 11.4 Å². The number of halogens is 6. The Bertz CT molecular complexity index is 1130. The van der Waals surface area contributed by atoms with Gasteiger partial charge in [-0.05, 0) is 30.3 Å². The Labute approximate surface area is 155 Å². The van der Waals surface area contributed by atoms with Crippen molar-refractivity contribution in [2.45, 2.75) is 11.3 Å². The molecule has 0 atom stereocenters. The van der Waals surface area contributed by atoms with Crippen molar-refractivity contribution in [2.24, 2.45) is 0 Å². The van der Waals surface area contributed by atoms with Crippen LogP contribution in [0.3, 0.4) is 0 Å². The van der Waals surface area contributed by atoms with Gasteiger partial charge in [-0.2, -0.15) is 5.10 Å². The zero-order valence-electron chi connectivity index (χ0n) is 13.9. The lowest BCUT2D eigenvalue weighted by molar-refractivity contribution is 0.145. The molecule has 0 N–H and O–H groups in total. The summed E-state index contributed by atoms with van der Waals surface area (Å²) in [5, 5.41) is 3.54. The van der Waals surface area contributed by atoms with E-state index in [1.165, 1.54) is 0 Å². The van der Waals surface area contributed by atoms with E-state index in [1.54, 1.807) is 0 Å². The lowest BCUT2D eigenvalue weighted by Gasteiger charge is -2.10. The van der Waals surface area contributed by atoms with Crippen LogP contribution in [0.4, 0.5) is 26.3 Å². The fourth-order valence-corrected chi connectivity index (χ4v) is 3.46. The third kappa shape index (κ3) is 3.75. The molecule has 0 unspecified atom stereocenters. The molecule has 4 nitrogen and oxygen atoms in total. The molecular weight excluding hydrogens is 410 g/mol. The zero-order valence-corrected chi connectivity index (χ0v) is 14.7. The van der Waals surface area contributed by atoms with Crippen LogP contribution in [-0.4, -0.2) is 24.5 Å². The minimum Gasteiger partial charge on any atom is -0.232 e. The van der Waals surface area contributed by atoms with E-state index < -0.39 is 50.1 Å². The maximum atomic E-state index is 14.2. The van der Waals surface area contributed by atoms with Gasteiger partial charge in [-0.15, -0.1) is 0 Å². The molecule has 0 spiro atoms. The van der Waals surface area contributed by atoms with Crippen LogP contribution in [-0.2, 0) is 9.84 Å². The SMILES string of the molecule is CS(=O)(=O)c1c(F)cc(-c2cc(C(F)F)nn2-c2cc(F)cc(F)c2)cc1F. The number of hydrogen-bond acceptors (Lipinski definition) is 3. The Balaban J connectivity index is 2.28. The van der Waals surface area contributed by atoms with Crippen LogP contribution in [0.1, 0.15) is 12.1 Å². The standard InChI is InChI=1S/C17H10F6N2O2S/c1-28(26,27)16-12(20)2-8(3-13(16)21)15-7-14(17(22)23)24-25(15)11-5-9(18)4-10(19)6-11/h2-7,17H,1H3. The molecule has 2 aromatic carbocycles. The summed E-state index contributed by atoms with van der Waals surface area (Å²) in [6.07, 6.45) is -2.48. The van der Waals surface area contributed by atoms with Gasteiger partial charge in [0.1, 0.15) is 33.9 Å². The van der Waals surface area contributed by atoms with Gasteiger partial charge in [-0.1, -0.05) is 0 Å². The predicted octanol–water partition coefficient (Wildman–Crippen LogP) is 4.44. The largest absolute Gasteiger partial charge is 0.282 e. The summed E-state index contributed by atoms with van der Waals surface area (Å²) >= 11 is 0. The van der Waals surface area contributed by atoms with E-state index in [-0.39, 0.29) is 16.9 Å². The Hall–Kier alpha value is -2.82. The van der Waals surface area contributed by atoms with Crippen molar-refractivity contribution < 1.29 is 34.8 Å². The molecule has 0 aliphatic carbocycles. The molecule has 1 heterocycles. The average Bonchev–Trinajstić information content (AvgIpc) is 2.97. The molecule has 11 heteroatoms. The summed E-state index contributed by atoms with van der Waals surface area (Å²) in [6.45, 7) is 0. The highest BCUT2D eigenvalue weighted by Crippen LogP contribution is 2.31. The molecule has 0 amide bonds. The van der Waals surface area contributed by atoms with E-state index in [2.05, 4.69) is 5.10 Å². The number of hydrogen-bond donors (Lipinski definition) is 0. The van der Waals surface area contributed by atoms with Gasteiger partial charge in [0.2, 0.25) is 0 Å². The fourth-order valence-electron chi connectivity index (χ4n) is 2.63. The maximum Gasteiger partial charge on any atom is 0.282 e. The predicted molar refractivity (Wildman–Crippen MR) is 86.9 cm³/mol. The second-order valence-electron chi connectivity index (χ2n) is 5.84. The van der Waals surface area contributed by atoms with Crippen molar-refractivity contribution in [3.63, 3.8) is 0 Å². The first kappa shape index (κ1) is 19.9. The minimum absolute atomic E-state index is 0.313. The van der Waals surface area contributed by atoms with E-state index in [4.69, 9.17) is 0 Å². The summed E-state index contributed by atoms with van der Waals surface area (Å²) in [4.78, 5) is -1.19. The zero-order chi connectivity index (χ0) is 20.8. The molecule has 0 radical (unpaired) electrons. The molecule has 0 saturated carbocycles. The van der Waals surface area contributed by atoms with E-state index in [1.807, 2.05) is 0 Å². The van der Waals surface area contributed by atoms with Gasteiger partial charge in [0.15, 0.2) is 9.84 Å². The van der Waals surface area contributed by atoms with Crippen LogP contribution in [0, 0.1) is 23.3 Å². The van der Waals surface area contributed by atoms with Crippen LogP contribution in [0.2, 0.25) is 0 Å². The van der Waals surface area contributed by atoms with Gasteiger partial charge in [0, 0.05) is 17.9 Å². The van der Waals surface area contributed by atoms with E-state index in [9.17, 15) is 34.8 Å². The molecular formula is C17H10F6N2O2S. The van der Waals surface area contributed by atoms with Crippen molar-refractivity contribution in [3.05, 3.63) is 65.4 Å². The van der Waals surface area contributed by atoms with Crippen LogP contribution < -0.4 is 0 Å². The van der Waals surface area contributed by atoms with Gasteiger partial charge >= 0.3 is 0 Å². The van der Waals surface area contributed by atoms with Crippen LogP contribution in [0.5, 0.6) is 0 Å². The number of alkyl halides is 2. The molecule has 0 saturated heterocycles. The Morgan fingerprint density at radius 1 is 0.893 bits per heavy atom. The average molecular weight is 420 g/mol.